The third-order valence-corrected chi connectivity index (χ3v) is 4.93. The van der Waals surface area contributed by atoms with Gasteiger partial charge in [-0.05, 0) is 25.5 Å². The normalized spacial score (nSPS) is 26.9. The number of aromatic nitrogens is 1. The van der Waals surface area contributed by atoms with Crippen LogP contribution in [0.4, 0.5) is 11.5 Å². The van der Waals surface area contributed by atoms with Gasteiger partial charge in [0.05, 0.1) is 22.7 Å². The molecule has 7 heteroatoms. The van der Waals surface area contributed by atoms with Crippen LogP contribution in [0, 0.1) is 0 Å². The van der Waals surface area contributed by atoms with E-state index in [-0.39, 0.29) is 11.5 Å². The molecular weight excluding hydrogens is 262 g/mol. The number of halogens is 1. The molecule has 1 unspecified atom stereocenters. The molecule has 0 amide bonds. The van der Waals surface area contributed by atoms with Crippen LogP contribution in [-0.2, 0) is 9.84 Å². The van der Waals surface area contributed by atoms with E-state index in [2.05, 4.69) is 10.3 Å². The molecule has 0 radical (unpaired) electrons. The Balaban J connectivity index is 2.24. The minimum Gasteiger partial charge on any atom is -0.396 e. The van der Waals surface area contributed by atoms with Crippen LogP contribution in [0.15, 0.2) is 12.1 Å². The summed E-state index contributed by atoms with van der Waals surface area (Å²) < 4.78 is 22.9. The van der Waals surface area contributed by atoms with Crippen molar-refractivity contribution in [3.63, 3.8) is 0 Å². The number of nitrogens with one attached hydrogen (secondary N) is 1. The highest BCUT2D eigenvalue weighted by Crippen LogP contribution is 2.29. The molecular formula is C10H14ClN3O2S. The molecule has 3 N–H and O–H groups in total. The molecule has 1 atom stereocenters. The minimum atomic E-state index is -2.96. The zero-order valence-corrected chi connectivity index (χ0v) is 11.0. The van der Waals surface area contributed by atoms with Crippen molar-refractivity contribution in [2.45, 2.75) is 18.9 Å². The zero-order chi connectivity index (χ0) is 12.7. The van der Waals surface area contributed by atoms with Gasteiger partial charge >= 0.3 is 0 Å². The highest BCUT2D eigenvalue weighted by atomic mass is 35.5. The van der Waals surface area contributed by atoms with E-state index in [4.69, 9.17) is 17.3 Å². The van der Waals surface area contributed by atoms with Crippen LogP contribution < -0.4 is 11.1 Å². The summed E-state index contributed by atoms with van der Waals surface area (Å²) in [5, 5.41) is 3.41. The Morgan fingerprint density at radius 3 is 2.82 bits per heavy atom. The average molecular weight is 276 g/mol. The number of rotatable bonds is 2. The molecule has 1 aromatic rings. The van der Waals surface area contributed by atoms with E-state index in [1.165, 1.54) is 0 Å². The SMILES string of the molecule is CC1(Nc2nc(Cl)ccc2N)CCS(=O)(=O)C1. The van der Waals surface area contributed by atoms with E-state index < -0.39 is 15.4 Å². The zero-order valence-electron chi connectivity index (χ0n) is 9.40. The average Bonchev–Trinajstić information content (AvgIpc) is 2.47. The Morgan fingerprint density at radius 1 is 1.53 bits per heavy atom. The highest BCUT2D eigenvalue weighted by molar-refractivity contribution is 7.91. The maximum Gasteiger partial charge on any atom is 0.152 e. The van der Waals surface area contributed by atoms with Gasteiger partial charge in [0.1, 0.15) is 5.15 Å². The summed E-state index contributed by atoms with van der Waals surface area (Å²) in [6.07, 6.45) is 0.545. The fourth-order valence-corrected chi connectivity index (χ4v) is 4.18. The number of sulfone groups is 1. The molecule has 0 saturated carbocycles. The highest BCUT2D eigenvalue weighted by Gasteiger charge is 2.38. The molecule has 2 rings (SSSR count). The molecule has 1 aliphatic rings. The Bertz CT molecular complexity index is 546. The Morgan fingerprint density at radius 2 is 2.24 bits per heavy atom. The lowest BCUT2D eigenvalue weighted by atomic mass is 10.0. The van der Waals surface area contributed by atoms with Gasteiger partial charge in [-0.2, -0.15) is 0 Å². The van der Waals surface area contributed by atoms with Crippen molar-refractivity contribution in [2.24, 2.45) is 0 Å². The fraction of sp³-hybridized carbons (Fsp3) is 0.500. The Kier molecular flexibility index (Phi) is 2.95. The molecule has 0 aliphatic carbocycles. The van der Waals surface area contributed by atoms with Crippen molar-refractivity contribution in [1.29, 1.82) is 0 Å². The van der Waals surface area contributed by atoms with Crippen LogP contribution in [0.2, 0.25) is 5.15 Å². The lowest BCUT2D eigenvalue weighted by Crippen LogP contribution is -2.36. The summed E-state index contributed by atoms with van der Waals surface area (Å²) in [6.45, 7) is 1.85. The predicted molar refractivity (Wildman–Crippen MR) is 69.0 cm³/mol. The second-order valence-electron chi connectivity index (χ2n) is 4.60. The van der Waals surface area contributed by atoms with Gasteiger partial charge in [-0.1, -0.05) is 11.6 Å². The largest absolute Gasteiger partial charge is 0.396 e. The van der Waals surface area contributed by atoms with Crippen molar-refractivity contribution in [3.05, 3.63) is 17.3 Å². The van der Waals surface area contributed by atoms with Crippen molar-refractivity contribution in [3.8, 4) is 0 Å². The number of hydrogen-bond donors (Lipinski definition) is 2. The first-order chi connectivity index (χ1) is 7.80. The molecule has 1 saturated heterocycles. The van der Waals surface area contributed by atoms with Crippen molar-refractivity contribution in [1.82, 2.24) is 4.98 Å². The first-order valence-electron chi connectivity index (χ1n) is 5.20. The molecule has 0 spiro atoms. The molecule has 1 fully saturated rings. The first kappa shape index (κ1) is 12.4. The number of nitrogens with two attached hydrogens (primary N) is 1. The van der Waals surface area contributed by atoms with Gasteiger partial charge in [0.15, 0.2) is 15.7 Å². The van der Waals surface area contributed by atoms with E-state index in [0.717, 1.165) is 0 Å². The second-order valence-corrected chi connectivity index (χ2v) is 7.17. The van der Waals surface area contributed by atoms with Gasteiger partial charge in [-0.15, -0.1) is 0 Å². The number of nitrogen functional groups attached to an aromatic ring is 1. The Labute approximate surface area is 105 Å². The van der Waals surface area contributed by atoms with Gasteiger partial charge in [0, 0.05) is 0 Å². The molecule has 94 valence electrons. The van der Waals surface area contributed by atoms with Gasteiger partial charge in [0.2, 0.25) is 0 Å². The molecule has 1 aromatic heterocycles. The fourth-order valence-electron chi connectivity index (χ4n) is 1.94. The standard InChI is InChI=1S/C10H14ClN3O2S/c1-10(4-5-17(15,16)6-10)14-9-7(12)2-3-8(11)13-9/h2-3H,4-6,12H2,1H3,(H,13,14). The van der Waals surface area contributed by atoms with Gasteiger partial charge in [-0.25, -0.2) is 13.4 Å². The summed E-state index contributed by atoms with van der Waals surface area (Å²) in [6, 6.07) is 3.24. The van der Waals surface area contributed by atoms with Crippen LogP contribution in [0.1, 0.15) is 13.3 Å². The van der Waals surface area contributed by atoms with Crippen LogP contribution in [-0.4, -0.2) is 30.4 Å². The van der Waals surface area contributed by atoms with Crippen molar-refractivity contribution in [2.75, 3.05) is 22.6 Å². The predicted octanol–water partition coefficient (Wildman–Crippen LogP) is 1.31. The molecule has 5 nitrogen and oxygen atoms in total. The quantitative estimate of drug-likeness (QED) is 0.795. The Hall–Kier alpha value is -1.01. The van der Waals surface area contributed by atoms with Gasteiger partial charge in [-0.3, -0.25) is 0 Å². The van der Waals surface area contributed by atoms with Crippen LogP contribution in [0.25, 0.3) is 0 Å². The molecule has 0 bridgehead atoms. The summed E-state index contributed by atoms with van der Waals surface area (Å²) in [4.78, 5) is 4.06. The van der Waals surface area contributed by atoms with Crippen molar-refractivity contribution >= 4 is 32.9 Å². The molecule has 0 aromatic carbocycles. The van der Waals surface area contributed by atoms with Crippen LogP contribution in [0.5, 0.6) is 0 Å². The van der Waals surface area contributed by atoms with Crippen LogP contribution >= 0.6 is 11.6 Å². The molecule has 17 heavy (non-hydrogen) atoms. The van der Waals surface area contributed by atoms with E-state index in [1.54, 1.807) is 12.1 Å². The monoisotopic (exact) mass is 275 g/mol. The molecule has 1 aliphatic heterocycles. The van der Waals surface area contributed by atoms with Crippen molar-refractivity contribution < 1.29 is 8.42 Å². The number of pyridine rings is 1. The van der Waals surface area contributed by atoms with E-state index >= 15 is 0 Å². The van der Waals surface area contributed by atoms with E-state index in [1.807, 2.05) is 6.92 Å². The topological polar surface area (TPSA) is 85.1 Å². The third kappa shape index (κ3) is 2.81. The summed E-state index contributed by atoms with van der Waals surface area (Å²) >= 11 is 5.78. The summed E-state index contributed by atoms with van der Waals surface area (Å²) in [5.41, 5.74) is 5.70. The van der Waals surface area contributed by atoms with E-state index in [9.17, 15) is 8.42 Å². The smallest absolute Gasteiger partial charge is 0.152 e. The maximum atomic E-state index is 11.5. The maximum absolute atomic E-state index is 11.5. The summed E-state index contributed by atoms with van der Waals surface area (Å²) in [5.74, 6) is 0.724. The summed E-state index contributed by atoms with van der Waals surface area (Å²) in [7, 11) is -2.96. The van der Waals surface area contributed by atoms with E-state index in [0.29, 0.717) is 23.1 Å². The number of anilines is 2. The number of hydrogen-bond acceptors (Lipinski definition) is 5. The second kappa shape index (κ2) is 4.03. The first-order valence-corrected chi connectivity index (χ1v) is 7.40. The number of nitrogens with zero attached hydrogens (tertiary/aromatic N) is 1. The lowest BCUT2D eigenvalue weighted by Gasteiger charge is -2.25. The van der Waals surface area contributed by atoms with Crippen LogP contribution in [0.3, 0.4) is 0 Å². The third-order valence-electron chi connectivity index (χ3n) is 2.82. The lowest BCUT2D eigenvalue weighted by molar-refractivity contribution is 0.572. The minimum absolute atomic E-state index is 0.0909. The van der Waals surface area contributed by atoms with Gasteiger partial charge < -0.3 is 11.1 Å². The van der Waals surface area contributed by atoms with Gasteiger partial charge in [0.25, 0.3) is 0 Å². The molecule has 2 heterocycles.